The standard InChI is InChI=1S/C25H44N8O7/c1-12(2)19(31-22(37)14(5)29-18(35)11-26)24(39)32-20(13(3)4)25(40)33-10-6-7-16(33)23(38)30-15(21(28)36)8-9-17(27)34/h12-16,19-20H,6-11,26H2,1-5H3,(H2,27,34)(H2,28,36)(H,29,35)(H,30,38)(H,31,37)(H,32,39)/t14-,15-,16-,19-,20-/m0/s1. The fourth-order valence-corrected chi connectivity index (χ4v) is 4.26. The molecule has 0 aromatic rings. The molecule has 5 atom stereocenters. The highest BCUT2D eigenvalue weighted by Gasteiger charge is 2.40. The van der Waals surface area contributed by atoms with Gasteiger partial charge in [-0.25, -0.2) is 0 Å². The zero-order chi connectivity index (χ0) is 30.7. The maximum absolute atomic E-state index is 13.6. The molecule has 0 spiro atoms. The lowest BCUT2D eigenvalue weighted by molar-refractivity contribution is -0.143. The summed E-state index contributed by atoms with van der Waals surface area (Å²) in [5.74, 6) is -5.05. The zero-order valence-corrected chi connectivity index (χ0v) is 23.8. The fraction of sp³-hybridized carbons (Fsp3) is 0.720. The molecule has 0 aromatic heterocycles. The van der Waals surface area contributed by atoms with Crippen LogP contribution >= 0.6 is 0 Å². The van der Waals surface area contributed by atoms with Crippen LogP contribution in [0.4, 0.5) is 0 Å². The molecule has 1 rings (SSSR count). The summed E-state index contributed by atoms with van der Waals surface area (Å²) < 4.78 is 0. The summed E-state index contributed by atoms with van der Waals surface area (Å²) in [4.78, 5) is 88.2. The Morgan fingerprint density at radius 2 is 1.40 bits per heavy atom. The van der Waals surface area contributed by atoms with Crippen molar-refractivity contribution in [1.29, 1.82) is 0 Å². The van der Waals surface area contributed by atoms with Crippen LogP contribution < -0.4 is 38.5 Å². The third-order valence-electron chi connectivity index (χ3n) is 6.61. The Balaban J connectivity index is 3.01. The first-order valence-corrected chi connectivity index (χ1v) is 13.4. The Labute approximate surface area is 234 Å². The molecule has 7 amide bonds. The summed E-state index contributed by atoms with van der Waals surface area (Å²) in [6.45, 7) is 8.30. The minimum absolute atomic E-state index is 0.0709. The van der Waals surface area contributed by atoms with Crippen molar-refractivity contribution in [3.8, 4) is 0 Å². The van der Waals surface area contributed by atoms with E-state index < -0.39 is 71.6 Å². The first kappa shape index (κ1) is 34.3. The number of rotatable bonds is 15. The van der Waals surface area contributed by atoms with E-state index in [0.717, 1.165) is 0 Å². The van der Waals surface area contributed by atoms with Crippen molar-refractivity contribution in [1.82, 2.24) is 26.2 Å². The van der Waals surface area contributed by atoms with Gasteiger partial charge >= 0.3 is 0 Å². The molecule has 1 saturated heterocycles. The normalized spacial score (nSPS) is 17.9. The maximum atomic E-state index is 13.6. The summed E-state index contributed by atoms with van der Waals surface area (Å²) in [5, 5.41) is 10.2. The molecule has 0 bridgehead atoms. The van der Waals surface area contributed by atoms with Crippen LogP contribution in [0.25, 0.3) is 0 Å². The van der Waals surface area contributed by atoms with Crippen LogP contribution in [0.5, 0.6) is 0 Å². The molecular weight excluding hydrogens is 524 g/mol. The second kappa shape index (κ2) is 15.7. The van der Waals surface area contributed by atoms with Crippen LogP contribution in [0.1, 0.15) is 60.3 Å². The minimum Gasteiger partial charge on any atom is -0.370 e. The molecular formula is C25H44N8O7. The second-order valence-electron chi connectivity index (χ2n) is 10.6. The van der Waals surface area contributed by atoms with Gasteiger partial charge in [0.05, 0.1) is 6.54 Å². The average molecular weight is 569 g/mol. The molecule has 1 aliphatic rings. The molecule has 226 valence electrons. The Kier molecular flexibility index (Phi) is 13.5. The number of nitrogens with two attached hydrogens (primary N) is 3. The van der Waals surface area contributed by atoms with Crippen LogP contribution in [-0.2, 0) is 33.6 Å². The Morgan fingerprint density at radius 3 is 1.90 bits per heavy atom. The zero-order valence-electron chi connectivity index (χ0n) is 23.8. The largest absolute Gasteiger partial charge is 0.370 e. The Bertz CT molecular complexity index is 971. The molecule has 0 aliphatic carbocycles. The Hall–Kier alpha value is -3.75. The van der Waals surface area contributed by atoms with E-state index in [9.17, 15) is 33.6 Å². The van der Waals surface area contributed by atoms with Crippen LogP contribution in [0.3, 0.4) is 0 Å². The maximum Gasteiger partial charge on any atom is 0.246 e. The van der Waals surface area contributed by atoms with Gasteiger partial charge in [-0.3, -0.25) is 33.6 Å². The van der Waals surface area contributed by atoms with Gasteiger partial charge in [0, 0.05) is 13.0 Å². The number of nitrogens with zero attached hydrogens (tertiary/aromatic N) is 1. The van der Waals surface area contributed by atoms with E-state index in [2.05, 4.69) is 21.3 Å². The van der Waals surface area contributed by atoms with Crippen LogP contribution in [0.2, 0.25) is 0 Å². The molecule has 15 heteroatoms. The van der Waals surface area contributed by atoms with Crippen molar-refractivity contribution in [3.05, 3.63) is 0 Å². The van der Waals surface area contributed by atoms with Gasteiger partial charge in [-0.15, -0.1) is 0 Å². The quantitative estimate of drug-likeness (QED) is 0.107. The fourth-order valence-electron chi connectivity index (χ4n) is 4.26. The molecule has 1 aliphatic heterocycles. The molecule has 0 saturated carbocycles. The van der Waals surface area contributed by atoms with Crippen LogP contribution in [0.15, 0.2) is 0 Å². The lowest BCUT2D eigenvalue weighted by Gasteiger charge is -2.32. The first-order valence-electron chi connectivity index (χ1n) is 13.4. The summed E-state index contributed by atoms with van der Waals surface area (Å²) in [7, 11) is 0. The number of amides is 7. The minimum atomic E-state index is -1.13. The van der Waals surface area contributed by atoms with Crippen LogP contribution in [-0.4, -0.2) is 89.5 Å². The third-order valence-corrected chi connectivity index (χ3v) is 6.61. The number of likely N-dealkylation sites (tertiary alicyclic amines) is 1. The monoisotopic (exact) mass is 568 g/mol. The van der Waals surface area contributed by atoms with Crippen molar-refractivity contribution in [3.63, 3.8) is 0 Å². The van der Waals surface area contributed by atoms with E-state index in [4.69, 9.17) is 17.2 Å². The van der Waals surface area contributed by atoms with Crippen molar-refractivity contribution < 1.29 is 33.6 Å². The number of primary amides is 2. The summed E-state index contributed by atoms with van der Waals surface area (Å²) in [6, 6.07) is -5.02. The summed E-state index contributed by atoms with van der Waals surface area (Å²) >= 11 is 0. The van der Waals surface area contributed by atoms with Gasteiger partial charge in [-0.1, -0.05) is 27.7 Å². The summed E-state index contributed by atoms with van der Waals surface area (Å²) in [5.41, 5.74) is 15.7. The lowest BCUT2D eigenvalue weighted by Crippen LogP contribution is -2.60. The number of nitrogens with one attached hydrogen (secondary N) is 4. The van der Waals surface area contributed by atoms with Gasteiger partial charge in [-0.2, -0.15) is 0 Å². The molecule has 1 fully saturated rings. The van der Waals surface area contributed by atoms with Gasteiger partial charge in [0.2, 0.25) is 41.4 Å². The predicted molar refractivity (Wildman–Crippen MR) is 144 cm³/mol. The molecule has 15 nitrogen and oxygen atoms in total. The molecule has 40 heavy (non-hydrogen) atoms. The van der Waals surface area contributed by atoms with Gasteiger partial charge in [-0.05, 0) is 38.0 Å². The Morgan fingerprint density at radius 1 is 0.825 bits per heavy atom. The van der Waals surface area contributed by atoms with E-state index >= 15 is 0 Å². The van der Waals surface area contributed by atoms with Gasteiger partial charge in [0.15, 0.2) is 0 Å². The number of carbonyl (C=O) groups excluding carboxylic acids is 7. The van der Waals surface area contributed by atoms with E-state index in [0.29, 0.717) is 12.8 Å². The highest BCUT2D eigenvalue weighted by atomic mass is 16.2. The van der Waals surface area contributed by atoms with E-state index in [1.54, 1.807) is 27.7 Å². The van der Waals surface area contributed by atoms with Gasteiger partial charge < -0.3 is 43.4 Å². The molecule has 0 radical (unpaired) electrons. The highest BCUT2D eigenvalue weighted by Crippen LogP contribution is 2.21. The molecule has 1 heterocycles. The van der Waals surface area contributed by atoms with Crippen molar-refractivity contribution in [2.24, 2.45) is 29.0 Å². The van der Waals surface area contributed by atoms with Gasteiger partial charge in [0.1, 0.15) is 30.2 Å². The van der Waals surface area contributed by atoms with Crippen molar-refractivity contribution in [2.45, 2.75) is 90.5 Å². The van der Waals surface area contributed by atoms with Gasteiger partial charge in [0.25, 0.3) is 0 Å². The van der Waals surface area contributed by atoms with Crippen LogP contribution in [0, 0.1) is 11.8 Å². The topological polar surface area (TPSA) is 249 Å². The number of carbonyl (C=O) groups is 7. The van der Waals surface area contributed by atoms with E-state index in [-0.39, 0.29) is 37.8 Å². The predicted octanol–water partition coefficient (Wildman–Crippen LogP) is -3.04. The van der Waals surface area contributed by atoms with E-state index in [1.807, 2.05) is 0 Å². The first-order chi connectivity index (χ1) is 18.6. The molecule has 0 aromatic carbocycles. The SMILES string of the molecule is CC(C)[C@H](NC(=O)[C@H](C)NC(=O)CN)C(=O)N[C@H](C(=O)N1CCC[C@H]1C(=O)N[C@@H](CCC(N)=O)C(N)=O)C(C)C. The van der Waals surface area contributed by atoms with Crippen molar-refractivity contribution in [2.75, 3.05) is 13.1 Å². The third kappa shape index (κ3) is 10.1. The summed E-state index contributed by atoms with van der Waals surface area (Å²) in [6.07, 6.45) is 0.615. The molecule has 0 unspecified atom stereocenters. The van der Waals surface area contributed by atoms with E-state index in [1.165, 1.54) is 11.8 Å². The average Bonchev–Trinajstić information content (AvgIpc) is 3.36. The number of hydrogen-bond donors (Lipinski definition) is 7. The number of hydrogen-bond acceptors (Lipinski definition) is 8. The lowest BCUT2D eigenvalue weighted by atomic mass is 9.98. The molecule has 10 N–H and O–H groups in total. The van der Waals surface area contributed by atoms with Crippen molar-refractivity contribution >= 4 is 41.4 Å². The second-order valence-corrected chi connectivity index (χ2v) is 10.6. The smallest absolute Gasteiger partial charge is 0.246 e. The highest BCUT2D eigenvalue weighted by molar-refractivity contribution is 5.96.